The van der Waals surface area contributed by atoms with Crippen molar-refractivity contribution in [2.24, 2.45) is 0 Å². The van der Waals surface area contributed by atoms with Gasteiger partial charge in [-0.15, -0.1) is 0 Å². The molecule has 0 N–H and O–H groups in total. The van der Waals surface area contributed by atoms with Crippen LogP contribution in [0.3, 0.4) is 0 Å². The van der Waals surface area contributed by atoms with E-state index < -0.39 is 0 Å². The van der Waals surface area contributed by atoms with E-state index in [1.807, 2.05) is 18.2 Å². The Balaban J connectivity index is 2.19. The third kappa shape index (κ3) is 3.84. The van der Waals surface area contributed by atoms with Gasteiger partial charge in [0.1, 0.15) is 11.6 Å². The zero-order valence-electron chi connectivity index (χ0n) is 13.2. The number of hydrogen-bond donors (Lipinski definition) is 0. The lowest BCUT2D eigenvalue weighted by Crippen LogP contribution is -2.01. The van der Waals surface area contributed by atoms with Gasteiger partial charge < -0.3 is 4.74 Å². The molecule has 0 aliphatic heterocycles. The topological polar surface area (TPSA) is 9.23 Å². The summed E-state index contributed by atoms with van der Waals surface area (Å²) in [6.45, 7) is 6.52. The second-order valence-corrected chi connectivity index (χ2v) is 5.89. The lowest BCUT2D eigenvalue weighted by atomic mass is 9.91. The van der Waals surface area contributed by atoms with Crippen molar-refractivity contribution in [1.82, 2.24) is 0 Å². The molecule has 0 bridgehead atoms. The van der Waals surface area contributed by atoms with Crippen LogP contribution in [-0.4, -0.2) is 7.11 Å². The number of rotatable bonds is 5. The SMILES string of the molecule is COc1ccc(CC(C)c2ccc(F)cc2)cc1C(C)C. The van der Waals surface area contributed by atoms with Gasteiger partial charge in [0.25, 0.3) is 0 Å². The molecule has 2 aromatic carbocycles. The van der Waals surface area contributed by atoms with Gasteiger partial charge in [0.15, 0.2) is 0 Å². The van der Waals surface area contributed by atoms with Gasteiger partial charge in [-0.25, -0.2) is 4.39 Å². The highest BCUT2D eigenvalue weighted by Gasteiger charge is 2.11. The van der Waals surface area contributed by atoms with E-state index in [2.05, 4.69) is 32.9 Å². The lowest BCUT2D eigenvalue weighted by molar-refractivity contribution is 0.407. The second kappa shape index (κ2) is 6.75. The molecular weight excluding hydrogens is 263 g/mol. The quantitative estimate of drug-likeness (QED) is 0.724. The summed E-state index contributed by atoms with van der Waals surface area (Å²) in [4.78, 5) is 0. The third-order valence-corrected chi connectivity index (χ3v) is 3.90. The summed E-state index contributed by atoms with van der Waals surface area (Å²) in [5.74, 6) is 1.56. The molecule has 0 saturated carbocycles. The van der Waals surface area contributed by atoms with Crippen molar-refractivity contribution in [3.63, 3.8) is 0 Å². The van der Waals surface area contributed by atoms with Gasteiger partial charge >= 0.3 is 0 Å². The minimum Gasteiger partial charge on any atom is -0.496 e. The van der Waals surface area contributed by atoms with Crippen LogP contribution >= 0.6 is 0 Å². The molecule has 0 aliphatic carbocycles. The monoisotopic (exact) mass is 286 g/mol. The summed E-state index contributed by atoms with van der Waals surface area (Å²) in [6, 6.07) is 13.2. The average Bonchev–Trinajstić information content (AvgIpc) is 2.47. The van der Waals surface area contributed by atoms with Crippen molar-refractivity contribution in [2.45, 2.75) is 39.0 Å². The molecular formula is C19H23FO. The Bertz CT molecular complexity index is 587. The Labute approximate surface area is 126 Å². The standard InChI is InChI=1S/C19H23FO/c1-13(2)18-12-15(5-10-19(18)21-4)11-14(3)16-6-8-17(20)9-7-16/h5-10,12-14H,11H2,1-4H3. The first kappa shape index (κ1) is 15.6. The largest absolute Gasteiger partial charge is 0.496 e. The average molecular weight is 286 g/mol. The van der Waals surface area contributed by atoms with E-state index in [0.717, 1.165) is 12.2 Å². The van der Waals surface area contributed by atoms with Gasteiger partial charge in [-0.3, -0.25) is 0 Å². The second-order valence-electron chi connectivity index (χ2n) is 5.89. The summed E-state index contributed by atoms with van der Waals surface area (Å²) < 4.78 is 18.4. The van der Waals surface area contributed by atoms with Crippen LogP contribution in [0, 0.1) is 5.82 Å². The fraction of sp³-hybridized carbons (Fsp3) is 0.368. The van der Waals surface area contributed by atoms with Gasteiger partial charge in [-0.1, -0.05) is 45.0 Å². The maximum atomic E-state index is 13.0. The molecule has 2 rings (SSSR count). The Morgan fingerprint density at radius 3 is 2.24 bits per heavy atom. The van der Waals surface area contributed by atoms with Crippen LogP contribution in [0.1, 0.15) is 49.3 Å². The normalized spacial score (nSPS) is 12.5. The fourth-order valence-electron chi connectivity index (χ4n) is 2.62. The molecule has 0 fully saturated rings. The number of halogens is 1. The van der Waals surface area contributed by atoms with Crippen LogP contribution in [-0.2, 0) is 6.42 Å². The number of benzene rings is 2. The van der Waals surface area contributed by atoms with E-state index in [4.69, 9.17) is 4.74 Å². The highest BCUT2D eigenvalue weighted by molar-refractivity contribution is 5.40. The number of methoxy groups -OCH3 is 1. The summed E-state index contributed by atoms with van der Waals surface area (Å²) >= 11 is 0. The zero-order chi connectivity index (χ0) is 15.4. The molecule has 2 heteroatoms. The van der Waals surface area contributed by atoms with Gasteiger partial charge in [0, 0.05) is 0 Å². The van der Waals surface area contributed by atoms with E-state index in [-0.39, 0.29) is 5.82 Å². The highest BCUT2D eigenvalue weighted by atomic mass is 19.1. The highest BCUT2D eigenvalue weighted by Crippen LogP contribution is 2.29. The van der Waals surface area contributed by atoms with Crippen LogP contribution < -0.4 is 4.74 Å². The first-order chi connectivity index (χ1) is 10.0. The minimum absolute atomic E-state index is 0.183. The molecule has 0 aromatic heterocycles. The maximum absolute atomic E-state index is 13.0. The molecule has 21 heavy (non-hydrogen) atoms. The smallest absolute Gasteiger partial charge is 0.123 e. The fourth-order valence-corrected chi connectivity index (χ4v) is 2.62. The molecule has 0 aliphatic rings. The molecule has 0 radical (unpaired) electrons. The molecule has 0 amide bonds. The van der Waals surface area contributed by atoms with Crippen LogP contribution in [0.5, 0.6) is 5.75 Å². The Morgan fingerprint density at radius 2 is 1.67 bits per heavy atom. The Hall–Kier alpha value is -1.83. The van der Waals surface area contributed by atoms with Gasteiger partial charge in [-0.2, -0.15) is 0 Å². The van der Waals surface area contributed by atoms with Crippen LogP contribution in [0.2, 0.25) is 0 Å². The van der Waals surface area contributed by atoms with Crippen molar-refractivity contribution in [2.75, 3.05) is 7.11 Å². The van der Waals surface area contributed by atoms with Crippen molar-refractivity contribution < 1.29 is 9.13 Å². The summed E-state index contributed by atoms with van der Waals surface area (Å²) in [7, 11) is 1.71. The van der Waals surface area contributed by atoms with E-state index in [9.17, 15) is 4.39 Å². The van der Waals surface area contributed by atoms with Gasteiger partial charge in [-0.05, 0) is 53.1 Å². The molecule has 0 heterocycles. The molecule has 1 nitrogen and oxygen atoms in total. The third-order valence-electron chi connectivity index (χ3n) is 3.90. The van der Waals surface area contributed by atoms with Gasteiger partial charge in [0.2, 0.25) is 0 Å². The van der Waals surface area contributed by atoms with Crippen LogP contribution in [0.25, 0.3) is 0 Å². The van der Waals surface area contributed by atoms with E-state index in [1.165, 1.54) is 28.8 Å². The van der Waals surface area contributed by atoms with Crippen molar-refractivity contribution in [1.29, 1.82) is 0 Å². The summed E-state index contributed by atoms with van der Waals surface area (Å²) in [5.41, 5.74) is 3.69. The van der Waals surface area contributed by atoms with Gasteiger partial charge in [0.05, 0.1) is 7.11 Å². The molecule has 0 saturated heterocycles. The first-order valence-electron chi connectivity index (χ1n) is 7.43. The van der Waals surface area contributed by atoms with E-state index in [1.54, 1.807) is 7.11 Å². The minimum atomic E-state index is -0.183. The lowest BCUT2D eigenvalue weighted by Gasteiger charge is -2.16. The zero-order valence-corrected chi connectivity index (χ0v) is 13.2. The Morgan fingerprint density at radius 1 is 1.00 bits per heavy atom. The predicted octanol–water partition coefficient (Wildman–Crippen LogP) is 5.30. The van der Waals surface area contributed by atoms with Crippen LogP contribution in [0.4, 0.5) is 4.39 Å². The first-order valence-corrected chi connectivity index (χ1v) is 7.43. The van der Waals surface area contributed by atoms with Crippen molar-refractivity contribution in [3.05, 3.63) is 65.0 Å². The maximum Gasteiger partial charge on any atom is 0.123 e. The Kier molecular flexibility index (Phi) is 5.00. The van der Waals surface area contributed by atoms with Crippen LogP contribution in [0.15, 0.2) is 42.5 Å². The molecule has 1 unspecified atom stereocenters. The van der Waals surface area contributed by atoms with E-state index in [0.29, 0.717) is 11.8 Å². The molecule has 112 valence electrons. The number of hydrogen-bond acceptors (Lipinski definition) is 1. The predicted molar refractivity (Wildman–Crippen MR) is 85.6 cm³/mol. The van der Waals surface area contributed by atoms with Crippen molar-refractivity contribution >= 4 is 0 Å². The molecule has 0 spiro atoms. The van der Waals surface area contributed by atoms with Crippen molar-refractivity contribution in [3.8, 4) is 5.75 Å². The number of ether oxygens (including phenoxy) is 1. The summed E-state index contributed by atoms with van der Waals surface area (Å²) in [6.07, 6.45) is 0.940. The molecule has 2 aromatic rings. The molecule has 1 atom stereocenters. The summed E-state index contributed by atoms with van der Waals surface area (Å²) in [5, 5.41) is 0. The van der Waals surface area contributed by atoms with E-state index >= 15 is 0 Å².